The van der Waals surface area contributed by atoms with Crippen LogP contribution in [0.15, 0.2) is 59.6 Å². The van der Waals surface area contributed by atoms with E-state index in [-0.39, 0.29) is 27.4 Å². The lowest BCUT2D eigenvalue weighted by Crippen LogP contribution is -2.16. The molecule has 11 nitrogen and oxygen atoms in total. The Labute approximate surface area is 182 Å². The van der Waals surface area contributed by atoms with E-state index >= 15 is 0 Å². The number of sulfonamides is 1. The zero-order valence-electron chi connectivity index (χ0n) is 16.9. The van der Waals surface area contributed by atoms with Crippen LogP contribution in [0, 0.1) is 0 Å². The van der Waals surface area contributed by atoms with E-state index in [1.807, 2.05) is 0 Å². The Balaban J connectivity index is 1.90. The molecular weight excluding hydrogens is 440 g/mol. The van der Waals surface area contributed by atoms with E-state index in [4.69, 9.17) is 5.73 Å². The van der Waals surface area contributed by atoms with Crippen LogP contribution < -0.4 is 10.5 Å². The number of nitrogens with two attached hydrogens (primary N) is 1. The van der Waals surface area contributed by atoms with Crippen molar-refractivity contribution in [2.24, 2.45) is 5.73 Å². The van der Waals surface area contributed by atoms with Gasteiger partial charge in [-0.15, -0.1) is 0 Å². The summed E-state index contributed by atoms with van der Waals surface area (Å²) in [6, 6.07) is 10.9. The van der Waals surface area contributed by atoms with Gasteiger partial charge in [-0.2, -0.15) is 5.10 Å². The average molecular weight is 458 g/mol. The number of methoxy groups -OCH3 is 2. The summed E-state index contributed by atoms with van der Waals surface area (Å²) in [4.78, 5) is 34.6. The number of aromatic nitrogens is 2. The molecule has 0 spiro atoms. The average Bonchev–Trinajstić information content (AvgIpc) is 3.28. The highest BCUT2D eigenvalue weighted by Crippen LogP contribution is 2.21. The molecule has 0 aliphatic heterocycles. The van der Waals surface area contributed by atoms with Crippen molar-refractivity contribution in [2.75, 3.05) is 18.9 Å². The van der Waals surface area contributed by atoms with Gasteiger partial charge in [-0.25, -0.2) is 22.7 Å². The van der Waals surface area contributed by atoms with Gasteiger partial charge in [0.1, 0.15) is 5.69 Å². The van der Waals surface area contributed by atoms with E-state index in [9.17, 15) is 22.8 Å². The van der Waals surface area contributed by atoms with E-state index in [1.54, 1.807) is 12.1 Å². The van der Waals surface area contributed by atoms with Crippen LogP contribution in [0.25, 0.3) is 5.69 Å². The van der Waals surface area contributed by atoms with Crippen molar-refractivity contribution >= 4 is 33.6 Å². The van der Waals surface area contributed by atoms with E-state index in [0.717, 1.165) is 26.4 Å². The van der Waals surface area contributed by atoms with E-state index < -0.39 is 27.9 Å². The highest BCUT2D eigenvalue weighted by atomic mass is 32.2. The summed E-state index contributed by atoms with van der Waals surface area (Å²) in [6.07, 6.45) is 1.53. The molecule has 0 saturated heterocycles. The molecule has 32 heavy (non-hydrogen) atoms. The highest BCUT2D eigenvalue weighted by molar-refractivity contribution is 7.92. The zero-order chi connectivity index (χ0) is 23.5. The maximum absolute atomic E-state index is 12.9. The van der Waals surface area contributed by atoms with Crippen LogP contribution in [-0.4, -0.2) is 50.3 Å². The Kier molecular flexibility index (Phi) is 6.25. The quantitative estimate of drug-likeness (QED) is 0.502. The molecule has 3 N–H and O–H groups in total. The van der Waals surface area contributed by atoms with E-state index in [0.29, 0.717) is 5.69 Å². The molecule has 1 heterocycles. The molecule has 0 fully saturated rings. The third-order valence-corrected chi connectivity index (χ3v) is 5.65. The third-order valence-electron chi connectivity index (χ3n) is 4.28. The van der Waals surface area contributed by atoms with Crippen LogP contribution >= 0.6 is 0 Å². The fraction of sp³-hybridized carbons (Fsp3) is 0.100. The number of esters is 2. The van der Waals surface area contributed by atoms with Crippen molar-refractivity contribution in [3.8, 4) is 5.69 Å². The number of amides is 1. The van der Waals surface area contributed by atoms with Gasteiger partial charge in [0.15, 0.2) is 0 Å². The largest absolute Gasteiger partial charge is 0.465 e. The van der Waals surface area contributed by atoms with Gasteiger partial charge in [0.2, 0.25) is 0 Å². The standard InChI is InChI=1S/C20H18N4O7S/c1-30-19(26)12-9-13(20(27)31-2)11-16(10-12)32(28,29)23-14-3-5-15(6-4-14)24-8-7-17(22-24)18(21)25/h3-11,23H,1-2H3,(H2,21,25). The number of anilines is 1. The predicted octanol–water partition coefficient (Wildman–Crippen LogP) is 1.35. The van der Waals surface area contributed by atoms with Gasteiger partial charge in [0.05, 0.1) is 35.9 Å². The van der Waals surface area contributed by atoms with Crippen molar-refractivity contribution in [1.82, 2.24) is 9.78 Å². The van der Waals surface area contributed by atoms with E-state index in [2.05, 4.69) is 19.3 Å². The van der Waals surface area contributed by atoms with E-state index in [1.165, 1.54) is 35.1 Å². The normalized spacial score (nSPS) is 10.9. The van der Waals surface area contributed by atoms with Crippen molar-refractivity contribution in [2.45, 2.75) is 4.90 Å². The molecule has 1 amide bonds. The first kappa shape index (κ1) is 22.5. The Morgan fingerprint density at radius 3 is 1.97 bits per heavy atom. The maximum atomic E-state index is 12.9. The molecule has 12 heteroatoms. The number of rotatable bonds is 7. The lowest BCUT2D eigenvalue weighted by Gasteiger charge is -2.11. The molecule has 3 rings (SSSR count). The van der Waals surface area contributed by atoms with Crippen molar-refractivity contribution in [3.05, 3.63) is 71.5 Å². The smallest absolute Gasteiger partial charge is 0.337 e. The first-order chi connectivity index (χ1) is 15.1. The van der Waals surface area contributed by atoms with Gasteiger partial charge in [-0.05, 0) is 48.5 Å². The number of nitrogens with one attached hydrogen (secondary N) is 1. The Bertz CT molecular complexity index is 1260. The Morgan fingerprint density at radius 2 is 1.50 bits per heavy atom. The maximum Gasteiger partial charge on any atom is 0.337 e. The minimum Gasteiger partial charge on any atom is -0.465 e. The van der Waals surface area contributed by atoms with Gasteiger partial charge in [-0.1, -0.05) is 0 Å². The number of carbonyl (C=O) groups is 3. The first-order valence-electron chi connectivity index (χ1n) is 8.95. The molecule has 0 aliphatic carbocycles. The second kappa shape index (κ2) is 8.89. The molecule has 0 radical (unpaired) electrons. The fourth-order valence-electron chi connectivity index (χ4n) is 2.72. The van der Waals surface area contributed by atoms with Gasteiger partial charge < -0.3 is 15.2 Å². The number of ether oxygens (including phenoxy) is 2. The topological polar surface area (TPSA) is 160 Å². The van der Waals surface area contributed by atoms with Gasteiger partial charge in [0, 0.05) is 11.9 Å². The SMILES string of the molecule is COC(=O)c1cc(C(=O)OC)cc(S(=O)(=O)Nc2ccc(-n3ccc(C(N)=O)n3)cc2)c1. The molecule has 0 atom stereocenters. The Morgan fingerprint density at radius 1 is 0.938 bits per heavy atom. The second-order valence-electron chi connectivity index (χ2n) is 6.39. The molecule has 0 saturated carbocycles. The van der Waals surface area contributed by atoms with Gasteiger partial charge >= 0.3 is 11.9 Å². The minimum atomic E-state index is -4.18. The van der Waals surface area contributed by atoms with Crippen molar-refractivity contribution in [1.29, 1.82) is 0 Å². The van der Waals surface area contributed by atoms with Gasteiger partial charge in [0.25, 0.3) is 15.9 Å². The van der Waals surface area contributed by atoms with Crippen LogP contribution in [0.3, 0.4) is 0 Å². The molecule has 1 aromatic heterocycles. The van der Waals surface area contributed by atoms with Crippen molar-refractivity contribution < 1.29 is 32.3 Å². The molecule has 2 aromatic carbocycles. The molecule has 3 aromatic rings. The molecule has 0 unspecified atom stereocenters. The lowest BCUT2D eigenvalue weighted by atomic mass is 10.1. The van der Waals surface area contributed by atoms with Gasteiger partial charge in [-0.3, -0.25) is 9.52 Å². The second-order valence-corrected chi connectivity index (χ2v) is 8.07. The molecule has 0 bridgehead atoms. The summed E-state index contributed by atoms with van der Waals surface area (Å²) in [5, 5.41) is 4.02. The van der Waals surface area contributed by atoms with Crippen LogP contribution in [0.2, 0.25) is 0 Å². The number of hydrogen-bond acceptors (Lipinski definition) is 8. The molecule has 0 aliphatic rings. The number of hydrogen-bond donors (Lipinski definition) is 2. The third kappa shape index (κ3) is 4.75. The van der Waals surface area contributed by atoms with Crippen molar-refractivity contribution in [3.63, 3.8) is 0 Å². The summed E-state index contributed by atoms with van der Waals surface area (Å²) >= 11 is 0. The van der Waals surface area contributed by atoms with Crippen LogP contribution in [0.1, 0.15) is 31.2 Å². The Hall–Kier alpha value is -4.19. The fourth-order valence-corrected chi connectivity index (χ4v) is 3.85. The van der Waals surface area contributed by atoms with Crippen LogP contribution in [-0.2, 0) is 19.5 Å². The summed E-state index contributed by atoms with van der Waals surface area (Å²) in [7, 11) is -1.91. The minimum absolute atomic E-state index is 0.0849. The monoisotopic (exact) mass is 458 g/mol. The molecular formula is C20H18N4O7S. The zero-order valence-corrected chi connectivity index (χ0v) is 17.8. The first-order valence-corrected chi connectivity index (χ1v) is 10.4. The molecule has 166 valence electrons. The number of benzene rings is 2. The summed E-state index contributed by atoms with van der Waals surface area (Å²) < 4.78 is 38.8. The number of primary amides is 1. The number of nitrogens with zero attached hydrogens (tertiary/aromatic N) is 2. The van der Waals surface area contributed by atoms with Crippen LogP contribution in [0.5, 0.6) is 0 Å². The highest BCUT2D eigenvalue weighted by Gasteiger charge is 2.21. The van der Waals surface area contributed by atoms with Crippen LogP contribution in [0.4, 0.5) is 5.69 Å². The predicted molar refractivity (Wildman–Crippen MR) is 112 cm³/mol. The lowest BCUT2D eigenvalue weighted by molar-refractivity contribution is 0.0598. The summed E-state index contributed by atoms with van der Waals surface area (Å²) in [6.45, 7) is 0. The summed E-state index contributed by atoms with van der Waals surface area (Å²) in [5.41, 5.74) is 5.77. The summed E-state index contributed by atoms with van der Waals surface area (Å²) in [5.74, 6) is -2.30. The number of carbonyl (C=O) groups excluding carboxylic acids is 3.